The molecule has 0 saturated heterocycles. The fourth-order valence-electron chi connectivity index (χ4n) is 2.72. The highest BCUT2D eigenvalue weighted by molar-refractivity contribution is 6.00. The van der Waals surface area contributed by atoms with Crippen LogP contribution < -0.4 is 10.1 Å². The molecule has 114 valence electrons. The van der Waals surface area contributed by atoms with Gasteiger partial charge in [-0.3, -0.25) is 10.1 Å². The van der Waals surface area contributed by atoms with E-state index in [2.05, 4.69) is 10.1 Å². The summed E-state index contributed by atoms with van der Waals surface area (Å²) in [5.74, 6) is 0.740. The Bertz CT molecular complexity index is 521. The van der Waals surface area contributed by atoms with Crippen LogP contribution in [0.4, 0.5) is 10.5 Å². The van der Waals surface area contributed by atoms with Crippen LogP contribution in [0.5, 0.6) is 5.75 Å². The Balaban J connectivity index is 2.21. The minimum Gasteiger partial charge on any atom is -0.495 e. The molecule has 1 fully saturated rings. The molecule has 1 aromatic carbocycles. The Morgan fingerprint density at radius 3 is 2.48 bits per heavy atom. The third-order valence-electron chi connectivity index (χ3n) is 3.88. The third kappa shape index (κ3) is 3.74. The van der Waals surface area contributed by atoms with Gasteiger partial charge in [0.1, 0.15) is 5.75 Å². The molecule has 0 heterocycles. The lowest BCUT2D eigenvalue weighted by atomic mass is 9.84. The first-order valence-electron chi connectivity index (χ1n) is 7.23. The molecule has 1 amide bonds. The number of benzene rings is 1. The zero-order chi connectivity index (χ0) is 15.2. The van der Waals surface area contributed by atoms with Crippen LogP contribution in [0.25, 0.3) is 0 Å². The number of anilines is 1. The van der Waals surface area contributed by atoms with E-state index in [0.29, 0.717) is 17.0 Å². The number of carbonyl (C=O) groups excluding carboxylic acids is 2. The van der Waals surface area contributed by atoms with Crippen LogP contribution in [0, 0.1) is 5.92 Å². The van der Waals surface area contributed by atoms with Crippen LogP contribution in [0.15, 0.2) is 18.2 Å². The standard InChI is InChI=1S/C16H21NO4/c1-20-14-9-8-12(10-13(14)17-16(19)21-2)15(18)11-6-4-3-5-7-11/h8-11H,3-7H2,1-2H3,(H,17,19). The number of hydrogen-bond acceptors (Lipinski definition) is 4. The molecule has 0 bridgehead atoms. The van der Waals surface area contributed by atoms with E-state index in [1.54, 1.807) is 18.2 Å². The van der Waals surface area contributed by atoms with Gasteiger partial charge in [-0.2, -0.15) is 0 Å². The third-order valence-corrected chi connectivity index (χ3v) is 3.88. The van der Waals surface area contributed by atoms with Gasteiger partial charge in [0, 0.05) is 11.5 Å². The summed E-state index contributed by atoms with van der Waals surface area (Å²) in [5, 5.41) is 2.57. The van der Waals surface area contributed by atoms with Gasteiger partial charge >= 0.3 is 6.09 Å². The van der Waals surface area contributed by atoms with Gasteiger partial charge in [-0.1, -0.05) is 19.3 Å². The number of amides is 1. The number of hydrogen-bond donors (Lipinski definition) is 1. The van der Waals surface area contributed by atoms with Crippen molar-refractivity contribution >= 4 is 17.6 Å². The molecule has 0 spiro atoms. The average molecular weight is 291 g/mol. The zero-order valence-corrected chi connectivity index (χ0v) is 12.5. The summed E-state index contributed by atoms with van der Waals surface area (Å²) >= 11 is 0. The minimum atomic E-state index is -0.587. The smallest absolute Gasteiger partial charge is 0.411 e. The summed E-state index contributed by atoms with van der Waals surface area (Å²) in [6.45, 7) is 0. The van der Waals surface area contributed by atoms with E-state index in [0.717, 1.165) is 25.7 Å². The van der Waals surface area contributed by atoms with Crippen LogP contribution >= 0.6 is 0 Å². The van der Waals surface area contributed by atoms with Crippen molar-refractivity contribution in [2.45, 2.75) is 32.1 Å². The van der Waals surface area contributed by atoms with Gasteiger partial charge in [-0.15, -0.1) is 0 Å². The lowest BCUT2D eigenvalue weighted by Crippen LogP contribution is -2.18. The number of methoxy groups -OCH3 is 2. The first-order valence-corrected chi connectivity index (χ1v) is 7.23. The van der Waals surface area contributed by atoms with Crippen molar-refractivity contribution in [1.82, 2.24) is 0 Å². The molecule has 0 unspecified atom stereocenters. The molecule has 1 aromatic rings. The topological polar surface area (TPSA) is 64.6 Å². The molecule has 1 N–H and O–H groups in total. The SMILES string of the molecule is COC(=O)Nc1cc(C(=O)C2CCCCC2)ccc1OC. The molecular formula is C16H21NO4. The van der Waals surface area contributed by atoms with Crippen LogP contribution in [0.3, 0.4) is 0 Å². The highest BCUT2D eigenvalue weighted by atomic mass is 16.5. The normalized spacial score (nSPS) is 15.3. The summed E-state index contributed by atoms with van der Waals surface area (Å²) in [5.41, 5.74) is 1.06. The van der Waals surface area contributed by atoms with Gasteiger partial charge < -0.3 is 9.47 Å². The summed E-state index contributed by atoms with van der Waals surface area (Å²) in [7, 11) is 2.80. The van der Waals surface area contributed by atoms with Gasteiger partial charge in [0.25, 0.3) is 0 Å². The lowest BCUT2D eigenvalue weighted by molar-refractivity contribution is 0.0889. The summed E-state index contributed by atoms with van der Waals surface area (Å²) in [6.07, 6.45) is 4.74. The monoisotopic (exact) mass is 291 g/mol. The van der Waals surface area contributed by atoms with Gasteiger partial charge in [0.2, 0.25) is 0 Å². The maximum atomic E-state index is 12.5. The number of rotatable bonds is 4. The fourth-order valence-corrected chi connectivity index (χ4v) is 2.72. The second kappa shape index (κ2) is 7.11. The van der Waals surface area contributed by atoms with Crippen molar-refractivity contribution in [3.63, 3.8) is 0 Å². The number of ether oxygens (including phenoxy) is 2. The molecular weight excluding hydrogens is 270 g/mol. The average Bonchev–Trinajstić information content (AvgIpc) is 2.54. The predicted molar refractivity (Wildman–Crippen MR) is 79.9 cm³/mol. The molecule has 1 aliphatic carbocycles. The molecule has 5 nitrogen and oxygen atoms in total. The molecule has 21 heavy (non-hydrogen) atoms. The number of ketones is 1. The van der Waals surface area contributed by atoms with Crippen LogP contribution in [0.2, 0.25) is 0 Å². The quantitative estimate of drug-likeness (QED) is 0.860. The van der Waals surface area contributed by atoms with E-state index in [4.69, 9.17) is 4.74 Å². The fraction of sp³-hybridized carbons (Fsp3) is 0.500. The van der Waals surface area contributed by atoms with Gasteiger partial charge in [-0.05, 0) is 31.0 Å². The van der Waals surface area contributed by atoms with E-state index in [1.807, 2.05) is 0 Å². The molecule has 1 aliphatic rings. The summed E-state index contributed by atoms with van der Waals surface area (Å²) in [4.78, 5) is 23.9. The minimum absolute atomic E-state index is 0.0955. The van der Waals surface area contributed by atoms with Crippen molar-refractivity contribution in [1.29, 1.82) is 0 Å². The Morgan fingerprint density at radius 1 is 1.14 bits per heavy atom. The Kier molecular flexibility index (Phi) is 5.20. The first kappa shape index (κ1) is 15.4. The second-order valence-corrected chi connectivity index (χ2v) is 5.23. The zero-order valence-electron chi connectivity index (χ0n) is 12.5. The molecule has 5 heteroatoms. The second-order valence-electron chi connectivity index (χ2n) is 5.23. The van der Waals surface area contributed by atoms with Crippen molar-refractivity contribution in [2.75, 3.05) is 19.5 Å². The summed E-state index contributed by atoms with van der Waals surface area (Å²) < 4.78 is 9.77. The summed E-state index contributed by atoms with van der Waals surface area (Å²) in [6, 6.07) is 5.10. The van der Waals surface area contributed by atoms with E-state index >= 15 is 0 Å². The maximum Gasteiger partial charge on any atom is 0.411 e. The number of carbonyl (C=O) groups is 2. The van der Waals surface area contributed by atoms with Gasteiger partial charge in [-0.25, -0.2) is 4.79 Å². The van der Waals surface area contributed by atoms with Crippen LogP contribution in [0.1, 0.15) is 42.5 Å². The van der Waals surface area contributed by atoms with Crippen molar-refractivity contribution in [3.05, 3.63) is 23.8 Å². The van der Waals surface area contributed by atoms with Crippen LogP contribution in [-0.4, -0.2) is 26.1 Å². The van der Waals surface area contributed by atoms with Crippen molar-refractivity contribution in [3.8, 4) is 5.75 Å². The largest absolute Gasteiger partial charge is 0.495 e. The Labute approximate surface area is 124 Å². The van der Waals surface area contributed by atoms with E-state index in [-0.39, 0.29) is 11.7 Å². The maximum absolute atomic E-state index is 12.5. The Hall–Kier alpha value is -2.04. The van der Waals surface area contributed by atoms with Crippen molar-refractivity contribution < 1.29 is 19.1 Å². The van der Waals surface area contributed by atoms with Crippen LogP contribution in [-0.2, 0) is 4.74 Å². The van der Waals surface area contributed by atoms with E-state index in [1.165, 1.54) is 20.6 Å². The first-order chi connectivity index (χ1) is 10.2. The molecule has 2 rings (SSSR count). The number of Topliss-reactive ketones (excluding diaryl/α,β-unsaturated/α-hetero) is 1. The highest BCUT2D eigenvalue weighted by Crippen LogP contribution is 2.30. The van der Waals surface area contributed by atoms with Crippen molar-refractivity contribution in [2.24, 2.45) is 5.92 Å². The highest BCUT2D eigenvalue weighted by Gasteiger charge is 2.23. The lowest BCUT2D eigenvalue weighted by Gasteiger charge is -2.20. The Morgan fingerprint density at radius 2 is 1.86 bits per heavy atom. The van der Waals surface area contributed by atoms with E-state index in [9.17, 15) is 9.59 Å². The van der Waals surface area contributed by atoms with Gasteiger partial charge in [0.15, 0.2) is 5.78 Å². The molecule has 0 radical (unpaired) electrons. The molecule has 0 aliphatic heterocycles. The van der Waals surface area contributed by atoms with Gasteiger partial charge in [0.05, 0.1) is 19.9 Å². The molecule has 0 aromatic heterocycles. The molecule has 1 saturated carbocycles. The van der Waals surface area contributed by atoms with E-state index < -0.39 is 6.09 Å². The molecule has 0 atom stereocenters. The predicted octanol–water partition coefficient (Wildman–Crippen LogP) is 3.64. The number of nitrogens with one attached hydrogen (secondary N) is 1.